The first-order valence-electron chi connectivity index (χ1n) is 6.22. The first-order valence-corrected chi connectivity index (χ1v) is 7.27. The number of benzene rings is 1. The lowest BCUT2D eigenvalue weighted by atomic mass is 10.1. The van der Waals surface area contributed by atoms with Crippen molar-refractivity contribution in [2.45, 2.75) is 38.0 Å². The molecule has 0 amide bonds. The molecular formula is C14H21NS. The summed E-state index contributed by atoms with van der Waals surface area (Å²) in [6, 6.07) is 8.76. The van der Waals surface area contributed by atoms with E-state index >= 15 is 0 Å². The molecule has 1 aliphatic heterocycles. The van der Waals surface area contributed by atoms with Crippen LogP contribution in [0.25, 0.3) is 0 Å². The first kappa shape index (κ1) is 12.0. The zero-order chi connectivity index (χ0) is 11.2. The summed E-state index contributed by atoms with van der Waals surface area (Å²) in [4.78, 5) is 0. The van der Waals surface area contributed by atoms with E-state index in [9.17, 15) is 0 Å². The molecule has 1 atom stereocenters. The van der Waals surface area contributed by atoms with E-state index in [1.54, 1.807) is 0 Å². The number of nitrogens with one attached hydrogen (secondary N) is 1. The second kappa shape index (κ2) is 6.31. The molecule has 2 heteroatoms. The maximum Gasteiger partial charge on any atom is 0.0206 e. The van der Waals surface area contributed by atoms with Crippen LogP contribution in [-0.4, -0.2) is 17.5 Å². The number of aryl methyl sites for hydroxylation is 1. The van der Waals surface area contributed by atoms with Crippen molar-refractivity contribution in [2.75, 3.05) is 12.3 Å². The summed E-state index contributed by atoms with van der Waals surface area (Å²) < 4.78 is 0. The molecule has 1 fully saturated rings. The number of hydrogen-bond acceptors (Lipinski definition) is 2. The molecule has 1 nitrogen and oxygen atoms in total. The number of thioether (sulfide) groups is 1. The monoisotopic (exact) mass is 235 g/mol. The van der Waals surface area contributed by atoms with Crippen LogP contribution >= 0.6 is 11.8 Å². The van der Waals surface area contributed by atoms with Crippen molar-refractivity contribution in [3.8, 4) is 0 Å². The van der Waals surface area contributed by atoms with Crippen LogP contribution in [0.3, 0.4) is 0 Å². The molecule has 0 spiro atoms. The lowest BCUT2D eigenvalue weighted by molar-refractivity contribution is 0.598. The smallest absolute Gasteiger partial charge is 0.0206 e. The van der Waals surface area contributed by atoms with Crippen LogP contribution in [-0.2, 0) is 6.54 Å². The van der Waals surface area contributed by atoms with Gasteiger partial charge in [0.05, 0.1) is 0 Å². The Morgan fingerprint density at radius 1 is 1.38 bits per heavy atom. The predicted molar refractivity (Wildman–Crippen MR) is 73.0 cm³/mol. The first-order chi connectivity index (χ1) is 7.84. The molecule has 1 aromatic carbocycles. The summed E-state index contributed by atoms with van der Waals surface area (Å²) in [5.41, 5.74) is 2.76. The Morgan fingerprint density at radius 2 is 2.31 bits per heavy atom. The van der Waals surface area contributed by atoms with Crippen LogP contribution in [0.1, 0.15) is 30.4 Å². The highest BCUT2D eigenvalue weighted by Gasteiger charge is 2.12. The van der Waals surface area contributed by atoms with Gasteiger partial charge in [0.25, 0.3) is 0 Å². The van der Waals surface area contributed by atoms with Gasteiger partial charge < -0.3 is 5.32 Å². The lowest BCUT2D eigenvalue weighted by Crippen LogP contribution is -2.26. The Labute approximate surface area is 103 Å². The molecule has 0 radical (unpaired) electrons. The van der Waals surface area contributed by atoms with Crippen molar-refractivity contribution in [1.29, 1.82) is 0 Å². The molecule has 0 saturated carbocycles. The third kappa shape index (κ3) is 3.84. The average Bonchev–Trinajstić information content (AvgIpc) is 2.30. The summed E-state index contributed by atoms with van der Waals surface area (Å²) in [7, 11) is 0. The topological polar surface area (TPSA) is 12.0 Å². The third-order valence-electron chi connectivity index (χ3n) is 3.06. The Morgan fingerprint density at radius 3 is 3.06 bits per heavy atom. The Kier molecular flexibility index (Phi) is 4.73. The van der Waals surface area contributed by atoms with Crippen LogP contribution in [0, 0.1) is 6.92 Å². The second-order valence-electron chi connectivity index (χ2n) is 4.61. The maximum absolute atomic E-state index is 3.58. The van der Waals surface area contributed by atoms with Crippen molar-refractivity contribution < 1.29 is 0 Å². The molecule has 88 valence electrons. The van der Waals surface area contributed by atoms with E-state index in [2.05, 4.69) is 48.3 Å². The summed E-state index contributed by atoms with van der Waals surface area (Å²) >= 11 is 2.14. The fraction of sp³-hybridized carbons (Fsp3) is 0.571. The second-order valence-corrected chi connectivity index (χ2v) is 6.02. The number of rotatable bonds is 4. The van der Waals surface area contributed by atoms with Gasteiger partial charge in [0, 0.05) is 18.3 Å². The minimum atomic E-state index is 0.846. The fourth-order valence-electron chi connectivity index (χ4n) is 2.17. The molecule has 2 rings (SSSR count). The van der Waals surface area contributed by atoms with E-state index in [1.807, 2.05) is 0 Å². The summed E-state index contributed by atoms with van der Waals surface area (Å²) in [6.07, 6.45) is 4.23. The fourth-order valence-corrected chi connectivity index (χ4v) is 3.44. The minimum Gasteiger partial charge on any atom is -0.312 e. The molecule has 1 aliphatic rings. The Balaban J connectivity index is 1.71. The highest BCUT2D eigenvalue weighted by atomic mass is 32.2. The van der Waals surface area contributed by atoms with Gasteiger partial charge in [-0.05, 0) is 31.1 Å². The summed E-state index contributed by atoms with van der Waals surface area (Å²) in [6.45, 7) is 4.33. The Bertz CT molecular complexity index is 318. The van der Waals surface area contributed by atoms with Crippen molar-refractivity contribution in [3.63, 3.8) is 0 Å². The quantitative estimate of drug-likeness (QED) is 0.858. The molecule has 1 unspecified atom stereocenters. The van der Waals surface area contributed by atoms with Gasteiger partial charge in [-0.25, -0.2) is 0 Å². The molecule has 0 aromatic heterocycles. The van der Waals surface area contributed by atoms with Gasteiger partial charge in [0.1, 0.15) is 0 Å². The van der Waals surface area contributed by atoms with Gasteiger partial charge in [0.2, 0.25) is 0 Å². The van der Waals surface area contributed by atoms with Crippen molar-refractivity contribution >= 4 is 11.8 Å². The van der Waals surface area contributed by atoms with Gasteiger partial charge in [0.15, 0.2) is 0 Å². The van der Waals surface area contributed by atoms with Crippen LogP contribution in [0.5, 0.6) is 0 Å². The molecule has 0 bridgehead atoms. The van der Waals surface area contributed by atoms with Crippen molar-refractivity contribution in [2.24, 2.45) is 0 Å². The standard InChI is InChI=1S/C14H21NS/c1-12-5-4-6-13(9-12)10-15-11-14-7-2-3-8-16-14/h4-6,9,14-15H,2-3,7-8,10-11H2,1H3. The molecule has 1 saturated heterocycles. The molecule has 0 aliphatic carbocycles. The van der Waals surface area contributed by atoms with Crippen LogP contribution < -0.4 is 5.32 Å². The highest BCUT2D eigenvalue weighted by Crippen LogP contribution is 2.24. The molecule has 1 aromatic rings. The third-order valence-corrected chi connectivity index (χ3v) is 4.46. The average molecular weight is 235 g/mol. The van der Waals surface area contributed by atoms with E-state index in [0.29, 0.717) is 0 Å². The molecule has 1 heterocycles. The van der Waals surface area contributed by atoms with E-state index in [-0.39, 0.29) is 0 Å². The van der Waals surface area contributed by atoms with E-state index < -0.39 is 0 Å². The van der Waals surface area contributed by atoms with E-state index in [1.165, 1.54) is 42.7 Å². The SMILES string of the molecule is Cc1cccc(CNCC2CCCCS2)c1. The van der Waals surface area contributed by atoms with Gasteiger partial charge in [-0.1, -0.05) is 36.2 Å². The molecule has 16 heavy (non-hydrogen) atoms. The highest BCUT2D eigenvalue weighted by molar-refractivity contribution is 7.99. The van der Waals surface area contributed by atoms with E-state index in [4.69, 9.17) is 0 Å². The zero-order valence-electron chi connectivity index (χ0n) is 10.0. The minimum absolute atomic E-state index is 0.846. The van der Waals surface area contributed by atoms with Crippen molar-refractivity contribution in [3.05, 3.63) is 35.4 Å². The van der Waals surface area contributed by atoms with Gasteiger partial charge in [-0.3, -0.25) is 0 Å². The van der Waals surface area contributed by atoms with Crippen LogP contribution in [0.4, 0.5) is 0 Å². The molecule has 1 N–H and O–H groups in total. The largest absolute Gasteiger partial charge is 0.312 e. The Hall–Kier alpha value is -0.470. The molecular weight excluding hydrogens is 214 g/mol. The van der Waals surface area contributed by atoms with Crippen molar-refractivity contribution in [1.82, 2.24) is 5.32 Å². The number of hydrogen-bond donors (Lipinski definition) is 1. The maximum atomic E-state index is 3.58. The summed E-state index contributed by atoms with van der Waals surface area (Å²) in [5.74, 6) is 1.36. The van der Waals surface area contributed by atoms with Gasteiger partial charge in [-0.15, -0.1) is 0 Å². The zero-order valence-corrected chi connectivity index (χ0v) is 10.9. The van der Waals surface area contributed by atoms with Crippen LogP contribution in [0.15, 0.2) is 24.3 Å². The lowest BCUT2D eigenvalue weighted by Gasteiger charge is -2.21. The van der Waals surface area contributed by atoms with Gasteiger partial charge >= 0.3 is 0 Å². The summed E-state index contributed by atoms with van der Waals surface area (Å²) in [5, 5.41) is 4.42. The predicted octanol–water partition coefficient (Wildman–Crippen LogP) is 3.37. The van der Waals surface area contributed by atoms with Crippen LogP contribution in [0.2, 0.25) is 0 Å². The van der Waals surface area contributed by atoms with E-state index in [0.717, 1.165) is 11.8 Å². The normalized spacial score (nSPS) is 20.9. The van der Waals surface area contributed by atoms with Gasteiger partial charge in [-0.2, -0.15) is 11.8 Å².